The van der Waals surface area contributed by atoms with Gasteiger partial charge < -0.3 is 10.2 Å². The highest BCUT2D eigenvalue weighted by molar-refractivity contribution is 5.89. The lowest BCUT2D eigenvalue weighted by molar-refractivity contribution is 0.0696. The maximum absolute atomic E-state index is 10.4. The third-order valence-corrected chi connectivity index (χ3v) is 2.13. The van der Waals surface area contributed by atoms with Crippen molar-refractivity contribution in [2.75, 3.05) is 0 Å². The summed E-state index contributed by atoms with van der Waals surface area (Å²) in [4.78, 5) is 10.4. The van der Waals surface area contributed by atoms with E-state index in [4.69, 9.17) is 10.2 Å². The van der Waals surface area contributed by atoms with E-state index >= 15 is 0 Å². The number of hydrogen-bond acceptors (Lipinski definition) is 2. The van der Waals surface area contributed by atoms with E-state index in [1.54, 1.807) is 49.4 Å². The summed E-state index contributed by atoms with van der Waals surface area (Å²) in [6.07, 6.45) is 0. The molecule has 0 heterocycles. The average Bonchev–Trinajstić information content (AvgIpc) is 2.31. The summed E-state index contributed by atoms with van der Waals surface area (Å²) >= 11 is 0. The maximum atomic E-state index is 10.4. The quantitative estimate of drug-likeness (QED) is 0.791. The predicted octanol–water partition coefficient (Wildman–Crippen LogP) is 3.09. The Kier molecular flexibility index (Phi) is 4.76. The van der Waals surface area contributed by atoms with Gasteiger partial charge in [0, 0.05) is 0 Å². The number of aromatic hydroxyl groups is 1. The molecule has 2 aromatic carbocycles. The highest BCUT2D eigenvalue weighted by Gasteiger charge is 2.02. The zero-order valence-electron chi connectivity index (χ0n) is 9.50. The molecule has 2 N–H and O–H groups in total. The Bertz CT molecular complexity index is 478. The van der Waals surface area contributed by atoms with Gasteiger partial charge in [0.1, 0.15) is 5.75 Å². The highest BCUT2D eigenvalue weighted by atomic mass is 16.4. The summed E-state index contributed by atoms with van der Waals surface area (Å²) in [7, 11) is 0. The zero-order valence-corrected chi connectivity index (χ0v) is 9.50. The number of hydrogen-bond donors (Lipinski definition) is 2. The van der Waals surface area contributed by atoms with Crippen molar-refractivity contribution in [3.63, 3.8) is 0 Å². The fourth-order valence-electron chi connectivity index (χ4n) is 1.24. The molecule has 0 spiro atoms. The molecular weight excluding hydrogens is 216 g/mol. The van der Waals surface area contributed by atoms with Gasteiger partial charge in [0.05, 0.1) is 5.56 Å². The van der Waals surface area contributed by atoms with Crippen molar-refractivity contribution in [2.45, 2.75) is 6.92 Å². The molecule has 0 aromatic heterocycles. The molecule has 0 unspecified atom stereocenters. The first-order valence-electron chi connectivity index (χ1n) is 5.14. The summed E-state index contributed by atoms with van der Waals surface area (Å²) in [6, 6.07) is 15.6. The van der Waals surface area contributed by atoms with Gasteiger partial charge in [-0.1, -0.05) is 36.4 Å². The van der Waals surface area contributed by atoms with Crippen molar-refractivity contribution in [1.82, 2.24) is 0 Å². The minimum atomic E-state index is -0.863. The molecule has 0 amide bonds. The van der Waals surface area contributed by atoms with Gasteiger partial charge >= 0.3 is 5.97 Å². The molecule has 2 aromatic rings. The van der Waals surface area contributed by atoms with E-state index in [9.17, 15) is 4.79 Å². The van der Waals surface area contributed by atoms with Gasteiger partial charge in [-0.3, -0.25) is 0 Å². The Balaban J connectivity index is 0.000000181. The molecule has 0 aliphatic carbocycles. The molecule has 0 saturated carbocycles. The highest BCUT2D eigenvalue weighted by Crippen LogP contribution is 2.05. The second-order valence-electron chi connectivity index (χ2n) is 3.46. The van der Waals surface area contributed by atoms with E-state index in [0.717, 1.165) is 5.56 Å². The molecule has 0 aliphatic heterocycles. The van der Waals surface area contributed by atoms with E-state index in [0.29, 0.717) is 11.3 Å². The van der Waals surface area contributed by atoms with Crippen molar-refractivity contribution in [3.05, 3.63) is 65.7 Å². The molecule has 2 rings (SSSR count). The van der Waals surface area contributed by atoms with Gasteiger partial charge in [-0.15, -0.1) is 0 Å². The van der Waals surface area contributed by atoms with Crippen molar-refractivity contribution in [2.24, 2.45) is 0 Å². The maximum Gasteiger partial charge on any atom is 0.335 e. The SMILES string of the molecule is Cc1ccccc1C(=O)O.Oc1ccccc1. The third-order valence-electron chi connectivity index (χ3n) is 2.13. The summed E-state index contributed by atoms with van der Waals surface area (Å²) in [5, 5.41) is 17.2. The topological polar surface area (TPSA) is 57.5 Å². The lowest BCUT2D eigenvalue weighted by Gasteiger charge is -1.96. The molecule has 3 nitrogen and oxygen atoms in total. The number of aromatic carboxylic acids is 1. The molecule has 0 atom stereocenters. The molecule has 0 fully saturated rings. The van der Waals surface area contributed by atoms with Gasteiger partial charge in [-0.2, -0.15) is 0 Å². The molecular formula is C14H14O3. The molecule has 0 saturated heterocycles. The first-order valence-corrected chi connectivity index (χ1v) is 5.14. The van der Waals surface area contributed by atoms with Gasteiger partial charge in [-0.05, 0) is 30.7 Å². The van der Waals surface area contributed by atoms with Crippen LogP contribution in [0.4, 0.5) is 0 Å². The van der Waals surface area contributed by atoms with Crippen molar-refractivity contribution in [3.8, 4) is 5.75 Å². The number of phenols is 1. The zero-order chi connectivity index (χ0) is 12.7. The van der Waals surface area contributed by atoms with Crippen LogP contribution in [0.25, 0.3) is 0 Å². The van der Waals surface area contributed by atoms with Crippen molar-refractivity contribution < 1.29 is 15.0 Å². The minimum Gasteiger partial charge on any atom is -0.508 e. The molecule has 0 bridgehead atoms. The lowest BCUT2D eigenvalue weighted by atomic mass is 10.1. The largest absolute Gasteiger partial charge is 0.508 e. The molecule has 0 aliphatic rings. The standard InChI is InChI=1S/C8H8O2.C6H6O/c1-6-4-2-3-5-7(6)8(9)10;7-6-4-2-1-3-5-6/h2-5H,1H3,(H,9,10);1-5,7H. The van der Waals surface area contributed by atoms with E-state index in [1.807, 2.05) is 12.1 Å². The van der Waals surface area contributed by atoms with Crippen LogP contribution in [0.5, 0.6) is 5.75 Å². The average molecular weight is 230 g/mol. The normalized spacial score (nSPS) is 9.00. The minimum absolute atomic E-state index is 0.322. The Morgan fingerprint density at radius 3 is 1.82 bits per heavy atom. The fourth-order valence-corrected chi connectivity index (χ4v) is 1.24. The van der Waals surface area contributed by atoms with E-state index < -0.39 is 5.97 Å². The van der Waals surface area contributed by atoms with Gasteiger partial charge in [0.15, 0.2) is 0 Å². The number of aryl methyl sites for hydroxylation is 1. The Labute approximate surface area is 100.0 Å². The molecule has 17 heavy (non-hydrogen) atoms. The number of carboxylic acid groups (broad SMARTS) is 1. The van der Waals surface area contributed by atoms with Crippen LogP contribution < -0.4 is 0 Å². The summed E-state index contributed by atoms with van der Waals surface area (Å²) in [5.41, 5.74) is 1.18. The van der Waals surface area contributed by atoms with Crippen LogP contribution in [0.2, 0.25) is 0 Å². The van der Waals surface area contributed by atoms with Gasteiger partial charge in [0.2, 0.25) is 0 Å². The second-order valence-corrected chi connectivity index (χ2v) is 3.46. The van der Waals surface area contributed by atoms with Crippen LogP contribution in [0.3, 0.4) is 0 Å². The Hall–Kier alpha value is -2.29. The summed E-state index contributed by atoms with van der Waals surface area (Å²) in [6.45, 7) is 1.78. The van der Waals surface area contributed by atoms with Crippen LogP contribution in [0.15, 0.2) is 54.6 Å². The van der Waals surface area contributed by atoms with Gasteiger partial charge in [-0.25, -0.2) is 4.79 Å². The predicted molar refractivity (Wildman–Crippen MR) is 66.2 cm³/mol. The van der Waals surface area contributed by atoms with Crippen LogP contribution >= 0.6 is 0 Å². The monoisotopic (exact) mass is 230 g/mol. The smallest absolute Gasteiger partial charge is 0.335 e. The molecule has 0 radical (unpaired) electrons. The van der Waals surface area contributed by atoms with E-state index in [1.165, 1.54) is 0 Å². The van der Waals surface area contributed by atoms with Crippen LogP contribution in [0, 0.1) is 6.92 Å². The number of carboxylic acids is 1. The number of para-hydroxylation sites is 1. The summed E-state index contributed by atoms with van der Waals surface area (Å²) in [5.74, 6) is -0.541. The first-order chi connectivity index (χ1) is 8.11. The Morgan fingerprint density at radius 1 is 0.941 bits per heavy atom. The first kappa shape index (κ1) is 12.8. The van der Waals surface area contributed by atoms with Crippen LogP contribution in [0.1, 0.15) is 15.9 Å². The summed E-state index contributed by atoms with van der Waals surface area (Å²) < 4.78 is 0. The van der Waals surface area contributed by atoms with E-state index in [2.05, 4.69) is 0 Å². The number of benzene rings is 2. The Morgan fingerprint density at radius 2 is 1.47 bits per heavy atom. The number of phenolic OH excluding ortho intramolecular Hbond substituents is 1. The second kappa shape index (κ2) is 6.33. The van der Waals surface area contributed by atoms with Crippen molar-refractivity contribution in [1.29, 1.82) is 0 Å². The number of rotatable bonds is 1. The fraction of sp³-hybridized carbons (Fsp3) is 0.0714. The lowest BCUT2D eigenvalue weighted by Crippen LogP contribution is -1.97. The number of carbonyl (C=O) groups is 1. The molecule has 3 heteroatoms. The van der Waals surface area contributed by atoms with Crippen LogP contribution in [-0.2, 0) is 0 Å². The van der Waals surface area contributed by atoms with Crippen molar-refractivity contribution >= 4 is 5.97 Å². The molecule has 88 valence electrons. The third kappa shape index (κ3) is 4.38. The van der Waals surface area contributed by atoms with E-state index in [-0.39, 0.29) is 0 Å². The van der Waals surface area contributed by atoms with Gasteiger partial charge in [0.25, 0.3) is 0 Å². The van der Waals surface area contributed by atoms with Crippen LogP contribution in [-0.4, -0.2) is 16.2 Å².